The first-order valence-corrected chi connectivity index (χ1v) is 9.12. The first-order valence-electron chi connectivity index (χ1n) is 7.63. The Bertz CT molecular complexity index is 595. The van der Waals surface area contributed by atoms with E-state index < -0.39 is 10.8 Å². The molecule has 3 rings (SSSR count). The lowest BCUT2D eigenvalue weighted by atomic mass is 10.1. The van der Waals surface area contributed by atoms with E-state index in [4.69, 9.17) is 0 Å². The lowest BCUT2D eigenvalue weighted by molar-refractivity contribution is -0.119. The number of carbonyl (C=O) groups excluding carboxylic acids is 1. The highest BCUT2D eigenvalue weighted by molar-refractivity contribution is 7.83. The molecular formula is C15H23N3O2S. The molecule has 2 heterocycles. The van der Waals surface area contributed by atoms with Crippen LogP contribution in [0.15, 0.2) is 0 Å². The van der Waals surface area contributed by atoms with Crippen molar-refractivity contribution in [2.45, 2.75) is 63.5 Å². The van der Waals surface area contributed by atoms with E-state index in [-0.39, 0.29) is 17.4 Å². The van der Waals surface area contributed by atoms with E-state index in [1.165, 1.54) is 0 Å². The van der Waals surface area contributed by atoms with E-state index in [2.05, 4.69) is 31.2 Å². The summed E-state index contributed by atoms with van der Waals surface area (Å²) in [6.45, 7) is 6.20. The van der Waals surface area contributed by atoms with Crippen LogP contribution in [-0.4, -0.2) is 19.9 Å². The lowest BCUT2D eigenvalue weighted by Gasteiger charge is -2.24. The molecule has 1 aliphatic heterocycles. The van der Waals surface area contributed by atoms with Crippen LogP contribution in [-0.2, 0) is 32.6 Å². The van der Waals surface area contributed by atoms with E-state index in [0.29, 0.717) is 11.5 Å². The number of nitrogens with zero attached hydrogens (tertiary/aromatic N) is 2. The third-order valence-corrected chi connectivity index (χ3v) is 5.48. The minimum Gasteiger partial charge on any atom is -0.310 e. The molecule has 1 aromatic rings. The van der Waals surface area contributed by atoms with Gasteiger partial charge in [-0.3, -0.25) is 9.00 Å². The predicted molar refractivity (Wildman–Crippen MR) is 83.4 cm³/mol. The molecule has 1 aromatic heterocycles. The zero-order valence-electron chi connectivity index (χ0n) is 12.9. The number of hydrogen-bond donors (Lipinski definition) is 1. The van der Waals surface area contributed by atoms with Gasteiger partial charge in [-0.25, -0.2) is 4.68 Å². The van der Waals surface area contributed by atoms with E-state index in [1.807, 2.05) is 4.68 Å². The Morgan fingerprint density at radius 1 is 1.29 bits per heavy atom. The fourth-order valence-electron chi connectivity index (χ4n) is 3.15. The van der Waals surface area contributed by atoms with Crippen LogP contribution in [0.1, 0.15) is 57.7 Å². The maximum absolute atomic E-state index is 12.4. The molecule has 1 fully saturated rings. The molecule has 1 atom stereocenters. The summed E-state index contributed by atoms with van der Waals surface area (Å²) < 4.78 is 13.7. The van der Waals surface area contributed by atoms with Crippen LogP contribution < -0.4 is 5.32 Å². The summed E-state index contributed by atoms with van der Waals surface area (Å²) in [6, 6.07) is 0. The molecule has 1 unspecified atom stereocenters. The largest absolute Gasteiger partial charge is 0.310 e. The second kappa shape index (κ2) is 5.23. The average Bonchev–Trinajstić information content (AvgIpc) is 3.05. The van der Waals surface area contributed by atoms with Crippen molar-refractivity contribution >= 4 is 22.5 Å². The van der Waals surface area contributed by atoms with Gasteiger partial charge in [0.05, 0.1) is 22.7 Å². The summed E-state index contributed by atoms with van der Waals surface area (Å²) >= 11 is 0. The third-order valence-electron chi connectivity index (χ3n) is 4.27. The van der Waals surface area contributed by atoms with Crippen LogP contribution in [0.2, 0.25) is 0 Å². The minimum absolute atomic E-state index is 0.0957. The molecule has 0 bridgehead atoms. The van der Waals surface area contributed by atoms with Crippen LogP contribution in [0.25, 0.3) is 0 Å². The fraction of sp³-hybridized carbons (Fsp3) is 0.733. The molecule has 0 saturated heterocycles. The van der Waals surface area contributed by atoms with Gasteiger partial charge < -0.3 is 5.32 Å². The Morgan fingerprint density at radius 3 is 2.57 bits per heavy atom. The molecular weight excluding hydrogens is 286 g/mol. The van der Waals surface area contributed by atoms with Crippen molar-refractivity contribution < 1.29 is 9.00 Å². The topological polar surface area (TPSA) is 64.0 Å². The molecule has 0 radical (unpaired) electrons. The third kappa shape index (κ3) is 2.78. The zero-order valence-corrected chi connectivity index (χ0v) is 13.8. The molecule has 6 heteroatoms. The molecule has 2 aliphatic rings. The van der Waals surface area contributed by atoms with Crippen LogP contribution >= 0.6 is 0 Å². The highest BCUT2D eigenvalue weighted by Gasteiger charge is 2.32. The van der Waals surface area contributed by atoms with Crippen LogP contribution in [0.3, 0.4) is 0 Å². The molecule has 1 amide bonds. The van der Waals surface area contributed by atoms with Gasteiger partial charge in [0.1, 0.15) is 5.82 Å². The number of hydrogen-bond acceptors (Lipinski definition) is 3. The minimum atomic E-state index is -0.877. The molecule has 21 heavy (non-hydrogen) atoms. The quantitative estimate of drug-likeness (QED) is 0.913. The molecule has 0 aromatic carbocycles. The molecule has 1 aliphatic carbocycles. The normalized spacial score (nSPS) is 22.5. The van der Waals surface area contributed by atoms with Gasteiger partial charge in [0.15, 0.2) is 0 Å². The van der Waals surface area contributed by atoms with Crippen molar-refractivity contribution in [2.24, 2.45) is 5.92 Å². The summed E-state index contributed by atoms with van der Waals surface area (Å²) in [5.74, 6) is 1.99. The summed E-state index contributed by atoms with van der Waals surface area (Å²) in [4.78, 5) is 12.4. The van der Waals surface area contributed by atoms with Crippen molar-refractivity contribution in [1.82, 2.24) is 9.78 Å². The first kappa shape index (κ1) is 14.8. The number of amides is 1. The van der Waals surface area contributed by atoms with Crippen molar-refractivity contribution in [3.8, 4) is 0 Å². The standard InChI is InChI=1S/C15H23N3O2S/c1-15(2,3)18-13(11-8-21(20)9-12(11)17-18)16-14(19)10-6-4-5-7-10/h10H,4-9H2,1-3H3,(H,16,19). The Kier molecular flexibility index (Phi) is 3.67. The van der Waals surface area contributed by atoms with Gasteiger partial charge in [-0.1, -0.05) is 12.8 Å². The molecule has 5 nitrogen and oxygen atoms in total. The van der Waals surface area contributed by atoms with Gasteiger partial charge in [0, 0.05) is 22.3 Å². The Labute approximate surface area is 127 Å². The second-order valence-corrected chi connectivity index (χ2v) is 8.51. The van der Waals surface area contributed by atoms with Crippen molar-refractivity contribution in [3.63, 3.8) is 0 Å². The maximum atomic E-state index is 12.4. The summed E-state index contributed by atoms with van der Waals surface area (Å²) in [6.07, 6.45) is 4.23. The number of aromatic nitrogens is 2. The zero-order chi connectivity index (χ0) is 15.2. The number of rotatable bonds is 2. The number of fused-ring (bicyclic) bond motifs is 1. The fourth-order valence-corrected chi connectivity index (χ4v) is 4.41. The Morgan fingerprint density at radius 2 is 1.95 bits per heavy atom. The number of nitrogens with one attached hydrogen (secondary N) is 1. The first-order chi connectivity index (χ1) is 9.86. The number of anilines is 1. The van der Waals surface area contributed by atoms with Gasteiger partial charge >= 0.3 is 0 Å². The van der Waals surface area contributed by atoms with Gasteiger partial charge in [0.25, 0.3) is 0 Å². The SMILES string of the molecule is CC(C)(C)n1nc2c(c1NC(=O)C1CCCC1)CS(=O)C2. The highest BCUT2D eigenvalue weighted by atomic mass is 32.2. The highest BCUT2D eigenvalue weighted by Crippen LogP contribution is 2.34. The Hall–Kier alpha value is -1.17. The summed E-state index contributed by atoms with van der Waals surface area (Å²) in [7, 11) is -0.877. The predicted octanol–water partition coefficient (Wildman–Crippen LogP) is 2.53. The molecule has 1 N–H and O–H groups in total. The summed E-state index contributed by atoms with van der Waals surface area (Å²) in [5.41, 5.74) is 1.64. The second-order valence-electron chi connectivity index (χ2n) is 7.06. The number of carbonyl (C=O) groups is 1. The van der Waals surface area contributed by atoms with Gasteiger partial charge in [-0.2, -0.15) is 5.10 Å². The maximum Gasteiger partial charge on any atom is 0.228 e. The van der Waals surface area contributed by atoms with Crippen molar-refractivity contribution in [3.05, 3.63) is 11.3 Å². The van der Waals surface area contributed by atoms with E-state index in [9.17, 15) is 9.00 Å². The van der Waals surface area contributed by atoms with Gasteiger partial charge in [-0.05, 0) is 33.6 Å². The molecule has 1 saturated carbocycles. The summed E-state index contributed by atoms with van der Waals surface area (Å²) in [5, 5.41) is 7.69. The van der Waals surface area contributed by atoms with Crippen LogP contribution in [0.5, 0.6) is 0 Å². The molecule has 116 valence electrons. The van der Waals surface area contributed by atoms with Crippen molar-refractivity contribution in [2.75, 3.05) is 5.32 Å². The smallest absolute Gasteiger partial charge is 0.228 e. The van der Waals surface area contributed by atoms with Crippen LogP contribution in [0, 0.1) is 5.92 Å². The molecule has 0 spiro atoms. The Balaban J connectivity index is 1.92. The van der Waals surface area contributed by atoms with E-state index >= 15 is 0 Å². The van der Waals surface area contributed by atoms with Crippen LogP contribution in [0.4, 0.5) is 5.82 Å². The van der Waals surface area contributed by atoms with E-state index in [0.717, 1.165) is 42.8 Å². The van der Waals surface area contributed by atoms with E-state index in [1.54, 1.807) is 0 Å². The van der Waals surface area contributed by atoms with Crippen molar-refractivity contribution in [1.29, 1.82) is 0 Å². The average molecular weight is 309 g/mol. The lowest BCUT2D eigenvalue weighted by Crippen LogP contribution is -2.29. The van der Waals surface area contributed by atoms with Gasteiger partial charge in [-0.15, -0.1) is 0 Å². The van der Waals surface area contributed by atoms with Gasteiger partial charge in [0.2, 0.25) is 5.91 Å². The monoisotopic (exact) mass is 309 g/mol.